The van der Waals surface area contributed by atoms with Crippen LogP contribution in [0.5, 0.6) is 11.5 Å². The van der Waals surface area contributed by atoms with Gasteiger partial charge in [-0.05, 0) is 47.1 Å². The summed E-state index contributed by atoms with van der Waals surface area (Å²) in [7, 11) is 0. The third-order valence-corrected chi connectivity index (χ3v) is 6.39. The van der Waals surface area contributed by atoms with Crippen LogP contribution >= 0.6 is 0 Å². The molecule has 3 rings (SSSR count). The summed E-state index contributed by atoms with van der Waals surface area (Å²) < 4.78 is 0. The highest BCUT2D eigenvalue weighted by Gasteiger charge is 2.53. The van der Waals surface area contributed by atoms with Gasteiger partial charge in [0.15, 0.2) is 17.3 Å². The highest BCUT2D eigenvalue weighted by atomic mass is 16.3. The number of rotatable bonds is 1. The molecule has 1 saturated carbocycles. The van der Waals surface area contributed by atoms with Crippen LogP contribution in [-0.2, 0) is 5.41 Å². The second-order valence-corrected chi connectivity index (χ2v) is 8.67. The Bertz CT molecular complexity index is 672. The Kier molecular flexibility index (Phi) is 3.55. The number of ketones is 1. The van der Waals surface area contributed by atoms with Crippen molar-refractivity contribution in [2.24, 2.45) is 11.3 Å². The lowest BCUT2D eigenvalue weighted by molar-refractivity contribution is 0.0361. The average molecular weight is 316 g/mol. The molecule has 0 saturated heterocycles. The first-order chi connectivity index (χ1) is 10.6. The number of carbonyl (C=O) groups excluding carboxylic acids is 1. The second kappa shape index (κ2) is 4.99. The van der Waals surface area contributed by atoms with Crippen LogP contribution in [0.3, 0.4) is 0 Å². The number of fused-ring (bicyclic) bond motifs is 3. The van der Waals surface area contributed by atoms with Gasteiger partial charge in [0.2, 0.25) is 0 Å². The Morgan fingerprint density at radius 2 is 1.83 bits per heavy atom. The molecule has 126 valence electrons. The third-order valence-electron chi connectivity index (χ3n) is 6.39. The van der Waals surface area contributed by atoms with E-state index in [1.54, 1.807) is 0 Å². The molecule has 0 aliphatic heterocycles. The van der Waals surface area contributed by atoms with Crippen LogP contribution in [-0.4, -0.2) is 16.0 Å². The van der Waals surface area contributed by atoms with Gasteiger partial charge in [-0.25, -0.2) is 0 Å². The van der Waals surface area contributed by atoms with Crippen molar-refractivity contribution in [2.45, 2.75) is 71.6 Å². The summed E-state index contributed by atoms with van der Waals surface area (Å²) >= 11 is 0. The largest absolute Gasteiger partial charge is 0.504 e. The number of hydrogen-bond donors (Lipinski definition) is 2. The van der Waals surface area contributed by atoms with E-state index in [4.69, 9.17) is 0 Å². The van der Waals surface area contributed by atoms with Crippen LogP contribution in [0.1, 0.15) is 87.7 Å². The summed E-state index contributed by atoms with van der Waals surface area (Å²) in [6.45, 7) is 10.8. The maximum Gasteiger partial charge on any atom is 0.163 e. The van der Waals surface area contributed by atoms with Gasteiger partial charge in [-0.2, -0.15) is 0 Å². The molecule has 0 radical (unpaired) electrons. The molecule has 1 aromatic carbocycles. The Morgan fingerprint density at radius 1 is 1.17 bits per heavy atom. The molecule has 2 aliphatic rings. The van der Waals surface area contributed by atoms with Crippen LogP contribution in [0.2, 0.25) is 0 Å². The summed E-state index contributed by atoms with van der Waals surface area (Å²) in [5.74, 6) is 0.235. The lowest BCUT2D eigenvalue weighted by Gasteiger charge is -2.54. The van der Waals surface area contributed by atoms with E-state index in [1.165, 1.54) is 6.07 Å². The van der Waals surface area contributed by atoms with E-state index in [0.717, 1.165) is 30.4 Å². The number of hydrogen-bond acceptors (Lipinski definition) is 3. The van der Waals surface area contributed by atoms with Crippen LogP contribution in [0.25, 0.3) is 0 Å². The molecule has 0 spiro atoms. The van der Waals surface area contributed by atoms with Gasteiger partial charge in [0.25, 0.3) is 0 Å². The van der Waals surface area contributed by atoms with E-state index in [0.29, 0.717) is 12.0 Å². The van der Waals surface area contributed by atoms with Crippen LogP contribution in [0, 0.1) is 11.3 Å². The summed E-state index contributed by atoms with van der Waals surface area (Å²) in [5, 5.41) is 20.6. The van der Waals surface area contributed by atoms with Crippen molar-refractivity contribution in [2.75, 3.05) is 0 Å². The highest BCUT2D eigenvalue weighted by molar-refractivity contribution is 6.01. The minimum atomic E-state index is -0.169. The fraction of sp³-hybridized carbons (Fsp3) is 0.650. The van der Waals surface area contributed by atoms with Crippen LogP contribution in [0.4, 0.5) is 0 Å². The molecule has 2 aliphatic carbocycles. The molecule has 0 aromatic heterocycles. The zero-order valence-electron chi connectivity index (χ0n) is 14.9. The molecule has 0 bridgehead atoms. The van der Waals surface area contributed by atoms with Crippen molar-refractivity contribution in [3.8, 4) is 11.5 Å². The smallest absolute Gasteiger partial charge is 0.163 e. The summed E-state index contributed by atoms with van der Waals surface area (Å²) in [5.41, 5.74) is 2.38. The molecule has 3 nitrogen and oxygen atoms in total. The maximum atomic E-state index is 12.8. The molecule has 0 amide bonds. The molecular formula is C20H28O3. The van der Waals surface area contributed by atoms with E-state index in [9.17, 15) is 15.0 Å². The van der Waals surface area contributed by atoms with Crippen LogP contribution in [0.15, 0.2) is 6.07 Å². The molecule has 1 fully saturated rings. The van der Waals surface area contributed by atoms with Gasteiger partial charge in [0.05, 0.1) is 0 Å². The van der Waals surface area contributed by atoms with Crippen molar-refractivity contribution in [1.29, 1.82) is 0 Å². The van der Waals surface area contributed by atoms with Crippen LogP contribution < -0.4 is 0 Å². The first-order valence-electron chi connectivity index (χ1n) is 8.72. The van der Waals surface area contributed by atoms with Gasteiger partial charge < -0.3 is 10.2 Å². The monoisotopic (exact) mass is 316 g/mol. The molecule has 0 unspecified atom stereocenters. The van der Waals surface area contributed by atoms with E-state index in [2.05, 4.69) is 20.8 Å². The van der Waals surface area contributed by atoms with E-state index in [-0.39, 0.29) is 39.9 Å². The summed E-state index contributed by atoms with van der Waals surface area (Å²) in [6.07, 6.45) is 3.84. The van der Waals surface area contributed by atoms with E-state index in [1.807, 2.05) is 13.8 Å². The number of aromatic hydroxyl groups is 2. The summed E-state index contributed by atoms with van der Waals surface area (Å²) in [4.78, 5) is 12.8. The van der Waals surface area contributed by atoms with Gasteiger partial charge in [0, 0.05) is 17.5 Å². The van der Waals surface area contributed by atoms with E-state index >= 15 is 0 Å². The minimum Gasteiger partial charge on any atom is -0.504 e. The quantitative estimate of drug-likeness (QED) is 0.725. The number of Topliss-reactive ketones (excluding diaryl/α,β-unsaturated/α-hetero) is 1. The fourth-order valence-corrected chi connectivity index (χ4v) is 5.29. The van der Waals surface area contributed by atoms with Crippen molar-refractivity contribution >= 4 is 5.78 Å². The molecule has 3 heteroatoms. The van der Waals surface area contributed by atoms with Gasteiger partial charge in [-0.1, -0.05) is 41.0 Å². The maximum absolute atomic E-state index is 12.8. The Balaban J connectivity index is 2.35. The topological polar surface area (TPSA) is 57.5 Å². The third kappa shape index (κ3) is 2.20. The minimum absolute atomic E-state index is 0.0446. The number of phenolic OH excluding ortho intramolecular Hbond substituents is 2. The predicted octanol–water partition coefficient (Wildman–Crippen LogP) is 4.89. The average Bonchev–Trinajstić information content (AvgIpc) is 2.43. The zero-order chi connectivity index (χ0) is 17.2. The lowest BCUT2D eigenvalue weighted by Crippen LogP contribution is -2.50. The number of benzene rings is 1. The second-order valence-electron chi connectivity index (χ2n) is 8.67. The zero-order valence-corrected chi connectivity index (χ0v) is 14.9. The van der Waals surface area contributed by atoms with E-state index < -0.39 is 0 Å². The first-order valence-corrected chi connectivity index (χ1v) is 8.72. The lowest BCUT2D eigenvalue weighted by atomic mass is 9.49. The molecule has 1 aromatic rings. The first kappa shape index (κ1) is 16.4. The summed E-state index contributed by atoms with van der Waals surface area (Å²) in [6, 6.07) is 1.49. The highest BCUT2D eigenvalue weighted by Crippen LogP contribution is 2.59. The van der Waals surface area contributed by atoms with Crippen molar-refractivity contribution in [3.63, 3.8) is 0 Å². The number of carbonyl (C=O) groups is 1. The van der Waals surface area contributed by atoms with Gasteiger partial charge >= 0.3 is 0 Å². The molecule has 2 N–H and O–H groups in total. The van der Waals surface area contributed by atoms with Gasteiger partial charge in [-0.15, -0.1) is 0 Å². The number of phenols is 2. The molecular weight excluding hydrogens is 288 g/mol. The molecule has 23 heavy (non-hydrogen) atoms. The standard InChI is InChI=1S/C20H28O3/c1-11(2)16-17-12(9-14(22)18(16)23)13(21)10-15-19(3,4)7-6-8-20(15,17)5/h9,11,15,22-23H,6-8,10H2,1-5H3/t15-,20-/m0/s1. The predicted molar refractivity (Wildman–Crippen MR) is 91.3 cm³/mol. The fourth-order valence-electron chi connectivity index (χ4n) is 5.29. The van der Waals surface area contributed by atoms with Crippen molar-refractivity contribution < 1.29 is 15.0 Å². The van der Waals surface area contributed by atoms with Crippen molar-refractivity contribution in [1.82, 2.24) is 0 Å². The SMILES string of the molecule is CC(C)c1c(O)c(O)cc2c1[C@@]1(C)CCCC(C)(C)[C@@H]1CC2=O. The normalized spacial score (nSPS) is 29.3. The van der Waals surface area contributed by atoms with Gasteiger partial charge in [-0.3, -0.25) is 4.79 Å². The van der Waals surface area contributed by atoms with Gasteiger partial charge in [0.1, 0.15) is 0 Å². The molecule has 0 heterocycles. The van der Waals surface area contributed by atoms with Crippen molar-refractivity contribution in [3.05, 3.63) is 22.8 Å². The Morgan fingerprint density at radius 3 is 2.43 bits per heavy atom. The molecule has 2 atom stereocenters. The Hall–Kier alpha value is -1.51. The Labute approximate surface area is 138 Å².